The molecule has 0 saturated heterocycles. The largest absolute Gasteiger partial charge is 0.310 e. The molecule has 2 atom stereocenters. The van der Waals surface area contributed by atoms with Gasteiger partial charge in [-0.2, -0.15) is 11.8 Å². The average molecular weight is 263 g/mol. The number of rotatable bonds is 5. The van der Waals surface area contributed by atoms with Gasteiger partial charge in [-0.25, -0.2) is 0 Å². The molecule has 2 heteroatoms. The van der Waals surface area contributed by atoms with Crippen LogP contribution in [0.1, 0.15) is 43.7 Å². The molecule has 0 aliphatic heterocycles. The van der Waals surface area contributed by atoms with Crippen molar-refractivity contribution in [3.8, 4) is 0 Å². The van der Waals surface area contributed by atoms with E-state index in [9.17, 15) is 0 Å². The molecule has 100 valence electrons. The van der Waals surface area contributed by atoms with Crippen LogP contribution in [-0.4, -0.2) is 17.5 Å². The molecule has 0 radical (unpaired) electrons. The molecule has 0 bridgehead atoms. The fraction of sp³-hybridized carbons (Fsp3) is 0.625. The quantitative estimate of drug-likeness (QED) is 0.861. The summed E-state index contributed by atoms with van der Waals surface area (Å²) in [6.07, 6.45) is 8.86. The number of hydrogen-bond acceptors (Lipinski definition) is 2. The number of thioether (sulfide) groups is 1. The highest BCUT2D eigenvalue weighted by Crippen LogP contribution is 2.27. The third-order valence-electron chi connectivity index (χ3n) is 3.99. The van der Waals surface area contributed by atoms with Crippen molar-refractivity contribution in [3.63, 3.8) is 0 Å². The van der Waals surface area contributed by atoms with E-state index in [0.29, 0.717) is 0 Å². The number of benzene rings is 1. The van der Waals surface area contributed by atoms with Crippen LogP contribution in [0.4, 0.5) is 0 Å². The molecule has 2 unspecified atom stereocenters. The summed E-state index contributed by atoms with van der Waals surface area (Å²) < 4.78 is 0. The molecule has 2 rings (SSSR count). The van der Waals surface area contributed by atoms with Gasteiger partial charge in [-0.15, -0.1) is 0 Å². The molecule has 0 aromatic heterocycles. The average Bonchev–Trinajstić information content (AvgIpc) is 2.46. The minimum absolute atomic E-state index is 0.724. The van der Waals surface area contributed by atoms with Crippen LogP contribution in [0, 0.1) is 0 Å². The Labute approximate surface area is 116 Å². The molecule has 1 aliphatic carbocycles. The summed E-state index contributed by atoms with van der Waals surface area (Å²) in [5.41, 5.74) is 2.84. The van der Waals surface area contributed by atoms with Gasteiger partial charge in [-0.3, -0.25) is 0 Å². The topological polar surface area (TPSA) is 12.0 Å². The Morgan fingerprint density at radius 1 is 1.17 bits per heavy atom. The lowest BCUT2D eigenvalue weighted by molar-refractivity contribution is 0.380. The van der Waals surface area contributed by atoms with Gasteiger partial charge in [0.1, 0.15) is 0 Å². The first-order chi connectivity index (χ1) is 8.81. The van der Waals surface area contributed by atoms with E-state index in [1.807, 2.05) is 11.8 Å². The molecule has 1 nitrogen and oxygen atoms in total. The molecule has 1 saturated carbocycles. The molecule has 0 heterocycles. The second-order valence-corrected chi connectivity index (χ2v) is 6.41. The van der Waals surface area contributed by atoms with Gasteiger partial charge in [0, 0.05) is 17.8 Å². The van der Waals surface area contributed by atoms with Crippen molar-refractivity contribution in [3.05, 3.63) is 35.4 Å². The molecule has 1 aliphatic rings. The first-order valence-electron chi connectivity index (χ1n) is 7.15. The molecule has 0 amide bonds. The first-order valence-corrected chi connectivity index (χ1v) is 8.44. The Bertz CT molecular complexity index is 347. The van der Waals surface area contributed by atoms with Crippen LogP contribution in [0.3, 0.4) is 0 Å². The van der Waals surface area contributed by atoms with Crippen molar-refractivity contribution in [1.82, 2.24) is 5.32 Å². The minimum Gasteiger partial charge on any atom is -0.310 e. The molecule has 1 N–H and O–H groups in total. The lowest BCUT2D eigenvalue weighted by Gasteiger charge is -2.28. The fourth-order valence-electron chi connectivity index (χ4n) is 2.70. The summed E-state index contributed by atoms with van der Waals surface area (Å²) in [7, 11) is 0. The highest BCUT2D eigenvalue weighted by molar-refractivity contribution is 7.99. The summed E-state index contributed by atoms with van der Waals surface area (Å²) in [4.78, 5) is 0. The van der Waals surface area contributed by atoms with Crippen LogP contribution in [0.5, 0.6) is 0 Å². The summed E-state index contributed by atoms with van der Waals surface area (Å²) in [6, 6.07) is 9.76. The van der Waals surface area contributed by atoms with Gasteiger partial charge < -0.3 is 5.32 Å². The van der Waals surface area contributed by atoms with Gasteiger partial charge in [-0.05, 0) is 43.1 Å². The van der Waals surface area contributed by atoms with E-state index < -0.39 is 0 Å². The van der Waals surface area contributed by atoms with Crippen LogP contribution in [-0.2, 0) is 13.0 Å². The molecular formula is C16H25NS. The van der Waals surface area contributed by atoms with Crippen molar-refractivity contribution < 1.29 is 0 Å². The highest BCUT2D eigenvalue weighted by atomic mass is 32.2. The summed E-state index contributed by atoms with van der Waals surface area (Å²) >= 11 is 2.04. The Morgan fingerprint density at radius 2 is 1.89 bits per heavy atom. The van der Waals surface area contributed by atoms with Crippen LogP contribution in [0.15, 0.2) is 24.3 Å². The Balaban J connectivity index is 1.79. The molecule has 1 fully saturated rings. The molecule has 0 spiro atoms. The SMILES string of the molecule is CCc1ccc(CNC2CCCC(SC)C2)cc1. The number of hydrogen-bond donors (Lipinski definition) is 1. The minimum atomic E-state index is 0.724. The zero-order valence-corrected chi connectivity index (χ0v) is 12.4. The summed E-state index contributed by atoms with van der Waals surface area (Å²) in [6.45, 7) is 3.23. The maximum absolute atomic E-state index is 3.73. The van der Waals surface area contributed by atoms with E-state index in [1.165, 1.54) is 36.8 Å². The molecular weight excluding hydrogens is 238 g/mol. The number of aryl methyl sites for hydroxylation is 1. The van der Waals surface area contributed by atoms with Crippen molar-refractivity contribution in [2.45, 2.75) is 56.9 Å². The smallest absolute Gasteiger partial charge is 0.0208 e. The molecule has 1 aromatic carbocycles. The number of nitrogens with one attached hydrogen (secondary N) is 1. The van der Waals surface area contributed by atoms with Crippen molar-refractivity contribution in [2.75, 3.05) is 6.26 Å². The van der Waals surface area contributed by atoms with Crippen molar-refractivity contribution in [2.24, 2.45) is 0 Å². The predicted molar refractivity (Wildman–Crippen MR) is 82.2 cm³/mol. The van der Waals surface area contributed by atoms with Crippen molar-refractivity contribution in [1.29, 1.82) is 0 Å². The fourth-order valence-corrected chi connectivity index (χ4v) is 3.53. The normalized spacial score (nSPS) is 24.1. The summed E-state index contributed by atoms with van der Waals surface area (Å²) in [5.74, 6) is 0. The van der Waals surface area contributed by atoms with Crippen LogP contribution in [0.25, 0.3) is 0 Å². The van der Waals surface area contributed by atoms with Crippen LogP contribution >= 0.6 is 11.8 Å². The van der Waals surface area contributed by atoms with Crippen LogP contribution < -0.4 is 5.32 Å². The van der Waals surface area contributed by atoms with Gasteiger partial charge in [0.15, 0.2) is 0 Å². The standard InChI is InChI=1S/C16H25NS/c1-3-13-7-9-14(10-8-13)12-17-15-5-4-6-16(11-15)18-2/h7-10,15-17H,3-6,11-12H2,1-2H3. The zero-order chi connectivity index (χ0) is 12.8. The monoisotopic (exact) mass is 263 g/mol. The second-order valence-electron chi connectivity index (χ2n) is 5.27. The third kappa shape index (κ3) is 4.03. The van der Waals surface area contributed by atoms with Gasteiger partial charge in [0.2, 0.25) is 0 Å². The van der Waals surface area contributed by atoms with Gasteiger partial charge in [-0.1, -0.05) is 37.6 Å². The lowest BCUT2D eigenvalue weighted by Crippen LogP contribution is -2.34. The third-order valence-corrected chi connectivity index (χ3v) is 5.08. The van der Waals surface area contributed by atoms with E-state index in [0.717, 1.165) is 24.3 Å². The van der Waals surface area contributed by atoms with E-state index >= 15 is 0 Å². The molecule has 1 aromatic rings. The second kappa shape index (κ2) is 7.20. The van der Waals surface area contributed by atoms with Crippen LogP contribution in [0.2, 0.25) is 0 Å². The van der Waals surface area contributed by atoms with Crippen molar-refractivity contribution >= 4 is 11.8 Å². The lowest BCUT2D eigenvalue weighted by atomic mass is 9.95. The molecule has 18 heavy (non-hydrogen) atoms. The van der Waals surface area contributed by atoms with E-state index in [4.69, 9.17) is 0 Å². The Hall–Kier alpha value is -0.470. The predicted octanol–water partition coefficient (Wildman–Crippen LogP) is 4.01. The summed E-state index contributed by atoms with van der Waals surface area (Å²) in [5, 5.41) is 4.60. The highest BCUT2D eigenvalue weighted by Gasteiger charge is 2.20. The van der Waals surface area contributed by atoms with Gasteiger partial charge in [0.05, 0.1) is 0 Å². The van der Waals surface area contributed by atoms with E-state index in [-0.39, 0.29) is 0 Å². The Kier molecular flexibility index (Phi) is 5.58. The van der Waals surface area contributed by atoms with Gasteiger partial charge >= 0.3 is 0 Å². The maximum Gasteiger partial charge on any atom is 0.0208 e. The maximum atomic E-state index is 3.73. The zero-order valence-electron chi connectivity index (χ0n) is 11.6. The van der Waals surface area contributed by atoms with E-state index in [2.05, 4.69) is 42.8 Å². The van der Waals surface area contributed by atoms with E-state index in [1.54, 1.807) is 0 Å². The first kappa shape index (κ1) is 14.0. The van der Waals surface area contributed by atoms with Gasteiger partial charge in [0.25, 0.3) is 0 Å². The Morgan fingerprint density at radius 3 is 2.56 bits per heavy atom.